The highest BCUT2D eigenvalue weighted by atomic mass is 15.1. The summed E-state index contributed by atoms with van der Waals surface area (Å²) in [6, 6.07) is 59.6. The summed E-state index contributed by atoms with van der Waals surface area (Å²) in [7, 11) is 0. The Hall–Kier alpha value is -5.40. The molecule has 0 saturated carbocycles. The van der Waals surface area contributed by atoms with E-state index in [-0.39, 0.29) is 5.41 Å². The van der Waals surface area contributed by atoms with E-state index in [0.29, 0.717) is 0 Å². The molecular weight excluding hydrogens is 530 g/mol. The van der Waals surface area contributed by atoms with Gasteiger partial charge in [-0.25, -0.2) is 0 Å². The van der Waals surface area contributed by atoms with Gasteiger partial charge >= 0.3 is 0 Å². The van der Waals surface area contributed by atoms with Crippen LogP contribution in [0.4, 0.5) is 17.1 Å². The van der Waals surface area contributed by atoms with Gasteiger partial charge in [0.15, 0.2) is 0 Å². The molecule has 0 fully saturated rings. The molecule has 0 unspecified atom stereocenters. The Balaban J connectivity index is 1.38. The van der Waals surface area contributed by atoms with Gasteiger partial charge in [-0.3, -0.25) is 0 Å². The Bertz CT molecular complexity index is 2150. The molecule has 44 heavy (non-hydrogen) atoms. The van der Waals surface area contributed by atoms with E-state index in [1.807, 2.05) is 0 Å². The average molecular weight is 564 g/mol. The molecule has 0 spiro atoms. The molecule has 0 saturated heterocycles. The molecule has 1 aliphatic rings. The summed E-state index contributed by atoms with van der Waals surface area (Å²) in [5.41, 5.74) is 13.6. The van der Waals surface area contributed by atoms with E-state index < -0.39 is 0 Å². The van der Waals surface area contributed by atoms with Crippen LogP contribution in [0.5, 0.6) is 0 Å². The molecular formula is C43H33N. The van der Waals surface area contributed by atoms with E-state index in [1.54, 1.807) is 0 Å². The standard InChI is InChI=1S/C43H33N/c1-43(2)39-23-10-8-21-37(39)38-22-13-25-41(42(38)43)44(40-24-11-9-20-36(40)31-15-4-3-5-16-31)35-19-12-18-33(29-35)34-27-26-30-14-6-7-17-32(30)28-34/h3-29H,1-2H3. The van der Waals surface area contributed by atoms with Gasteiger partial charge in [-0.1, -0.05) is 147 Å². The predicted molar refractivity (Wildman–Crippen MR) is 187 cm³/mol. The van der Waals surface area contributed by atoms with Gasteiger partial charge in [0.1, 0.15) is 0 Å². The van der Waals surface area contributed by atoms with E-state index >= 15 is 0 Å². The van der Waals surface area contributed by atoms with Crippen molar-refractivity contribution >= 4 is 27.8 Å². The summed E-state index contributed by atoms with van der Waals surface area (Å²) in [5.74, 6) is 0. The normalized spacial score (nSPS) is 13.0. The molecule has 0 bridgehead atoms. The maximum absolute atomic E-state index is 2.49. The van der Waals surface area contributed by atoms with Crippen LogP contribution in [0.3, 0.4) is 0 Å². The summed E-state index contributed by atoms with van der Waals surface area (Å²) >= 11 is 0. The van der Waals surface area contributed by atoms with E-state index in [1.165, 1.54) is 61.0 Å². The molecule has 7 aromatic carbocycles. The van der Waals surface area contributed by atoms with Crippen molar-refractivity contribution in [3.8, 4) is 33.4 Å². The van der Waals surface area contributed by atoms with Gasteiger partial charge in [0.05, 0.1) is 11.4 Å². The second-order valence-corrected chi connectivity index (χ2v) is 12.2. The van der Waals surface area contributed by atoms with Gasteiger partial charge < -0.3 is 4.90 Å². The summed E-state index contributed by atoms with van der Waals surface area (Å²) in [5, 5.41) is 2.51. The Morgan fingerprint density at radius 3 is 1.89 bits per heavy atom. The minimum absolute atomic E-state index is 0.154. The summed E-state index contributed by atoms with van der Waals surface area (Å²) < 4.78 is 0. The summed E-state index contributed by atoms with van der Waals surface area (Å²) in [4.78, 5) is 2.49. The van der Waals surface area contributed by atoms with Gasteiger partial charge in [0, 0.05) is 16.7 Å². The Morgan fingerprint density at radius 1 is 0.409 bits per heavy atom. The molecule has 0 radical (unpaired) electrons. The lowest BCUT2D eigenvalue weighted by atomic mass is 9.81. The highest BCUT2D eigenvalue weighted by Crippen LogP contribution is 2.55. The maximum atomic E-state index is 2.49. The lowest BCUT2D eigenvalue weighted by molar-refractivity contribution is 0.661. The number of anilines is 3. The molecule has 0 aliphatic heterocycles. The van der Waals surface area contributed by atoms with Crippen LogP contribution in [-0.4, -0.2) is 0 Å². The first-order valence-corrected chi connectivity index (χ1v) is 15.4. The first-order chi connectivity index (χ1) is 21.6. The third-order valence-corrected chi connectivity index (χ3v) is 9.22. The van der Waals surface area contributed by atoms with Crippen LogP contribution in [-0.2, 0) is 5.41 Å². The Morgan fingerprint density at radius 2 is 1.02 bits per heavy atom. The van der Waals surface area contributed by atoms with Crippen LogP contribution in [0, 0.1) is 0 Å². The van der Waals surface area contributed by atoms with Gasteiger partial charge in [-0.05, 0) is 80.0 Å². The van der Waals surface area contributed by atoms with E-state index in [9.17, 15) is 0 Å². The zero-order valence-electron chi connectivity index (χ0n) is 25.0. The molecule has 0 heterocycles. The van der Waals surface area contributed by atoms with Crippen molar-refractivity contribution in [2.24, 2.45) is 0 Å². The summed E-state index contributed by atoms with van der Waals surface area (Å²) in [6.45, 7) is 4.74. The fourth-order valence-electron chi connectivity index (χ4n) is 7.14. The van der Waals surface area contributed by atoms with Crippen molar-refractivity contribution < 1.29 is 0 Å². The van der Waals surface area contributed by atoms with Crippen LogP contribution in [0.1, 0.15) is 25.0 Å². The largest absolute Gasteiger partial charge is 0.310 e. The topological polar surface area (TPSA) is 3.24 Å². The number of rotatable bonds is 5. The zero-order chi connectivity index (χ0) is 29.7. The molecule has 0 amide bonds. The van der Waals surface area contributed by atoms with Crippen molar-refractivity contribution in [2.45, 2.75) is 19.3 Å². The fourth-order valence-corrected chi connectivity index (χ4v) is 7.14. The predicted octanol–water partition coefficient (Wildman–Crippen LogP) is 11.9. The molecule has 1 heteroatoms. The third-order valence-electron chi connectivity index (χ3n) is 9.22. The minimum Gasteiger partial charge on any atom is -0.310 e. The molecule has 1 nitrogen and oxygen atoms in total. The lowest BCUT2D eigenvalue weighted by Gasteiger charge is -2.33. The Kier molecular flexibility index (Phi) is 6.20. The molecule has 0 N–H and O–H groups in total. The number of nitrogens with zero attached hydrogens (tertiary/aromatic N) is 1. The number of fused-ring (bicyclic) bond motifs is 4. The van der Waals surface area contributed by atoms with E-state index in [2.05, 4.69) is 183 Å². The average Bonchev–Trinajstić information content (AvgIpc) is 3.32. The number of hydrogen-bond donors (Lipinski definition) is 0. The lowest BCUT2D eigenvalue weighted by Crippen LogP contribution is -2.21. The van der Waals surface area contributed by atoms with Gasteiger partial charge in [-0.15, -0.1) is 0 Å². The van der Waals surface area contributed by atoms with Crippen LogP contribution in [0.15, 0.2) is 164 Å². The van der Waals surface area contributed by atoms with Gasteiger partial charge in [0.2, 0.25) is 0 Å². The monoisotopic (exact) mass is 563 g/mol. The fraction of sp³-hybridized carbons (Fsp3) is 0.0698. The molecule has 1 aliphatic carbocycles. The highest BCUT2D eigenvalue weighted by Gasteiger charge is 2.38. The van der Waals surface area contributed by atoms with Crippen molar-refractivity contribution in [3.63, 3.8) is 0 Å². The van der Waals surface area contributed by atoms with Crippen LogP contribution in [0.2, 0.25) is 0 Å². The van der Waals surface area contributed by atoms with Crippen molar-refractivity contribution in [3.05, 3.63) is 175 Å². The quantitative estimate of drug-likeness (QED) is 0.201. The van der Waals surface area contributed by atoms with Crippen molar-refractivity contribution in [1.29, 1.82) is 0 Å². The third kappa shape index (κ3) is 4.24. The molecule has 8 rings (SSSR count). The second-order valence-electron chi connectivity index (χ2n) is 12.2. The molecule has 0 atom stereocenters. The second kappa shape index (κ2) is 10.4. The Labute approximate surface area is 259 Å². The zero-order valence-corrected chi connectivity index (χ0v) is 25.0. The van der Waals surface area contributed by atoms with Gasteiger partial charge in [0.25, 0.3) is 0 Å². The minimum atomic E-state index is -0.154. The smallest absolute Gasteiger partial charge is 0.0540 e. The SMILES string of the molecule is CC1(C)c2ccccc2-c2cccc(N(c3cccc(-c4ccc5ccccc5c4)c3)c3ccccc3-c3ccccc3)c21. The first kappa shape index (κ1) is 26.2. The highest BCUT2D eigenvalue weighted by molar-refractivity contribution is 5.95. The van der Waals surface area contributed by atoms with E-state index in [4.69, 9.17) is 0 Å². The van der Waals surface area contributed by atoms with E-state index in [0.717, 1.165) is 11.4 Å². The van der Waals surface area contributed by atoms with Crippen LogP contribution >= 0.6 is 0 Å². The maximum Gasteiger partial charge on any atom is 0.0540 e. The number of hydrogen-bond acceptors (Lipinski definition) is 1. The summed E-state index contributed by atoms with van der Waals surface area (Å²) in [6.07, 6.45) is 0. The first-order valence-electron chi connectivity index (χ1n) is 15.4. The molecule has 0 aromatic heterocycles. The number of benzene rings is 7. The van der Waals surface area contributed by atoms with Crippen LogP contribution < -0.4 is 4.90 Å². The van der Waals surface area contributed by atoms with Crippen molar-refractivity contribution in [2.75, 3.05) is 4.90 Å². The number of para-hydroxylation sites is 1. The molecule has 210 valence electrons. The molecule has 7 aromatic rings. The van der Waals surface area contributed by atoms with Gasteiger partial charge in [-0.2, -0.15) is 0 Å². The van der Waals surface area contributed by atoms with Crippen LogP contribution in [0.25, 0.3) is 44.2 Å². The van der Waals surface area contributed by atoms with Crippen molar-refractivity contribution in [1.82, 2.24) is 0 Å².